The summed E-state index contributed by atoms with van der Waals surface area (Å²) in [5, 5.41) is 16.1. The number of aromatic nitrogens is 6. The van der Waals surface area contributed by atoms with Crippen LogP contribution < -0.4 is 0 Å². The van der Waals surface area contributed by atoms with Crippen molar-refractivity contribution >= 4 is 6.16 Å². The summed E-state index contributed by atoms with van der Waals surface area (Å²) in [6.45, 7) is 5.47. The third-order valence-electron chi connectivity index (χ3n) is 2.62. The van der Waals surface area contributed by atoms with Crippen LogP contribution >= 0.6 is 0 Å². The Morgan fingerprint density at radius 3 is 2.85 bits per heavy atom. The summed E-state index contributed by atoms with van der Waals surface area (Å²) in [5.41, 5.74) is 1.70. The van der Waals surface area contributed by atoms with Crippen LogP contribution in [0.4, 0.5) is 4.79 Å². The molecule has 0 fully saturated rings. The van der Waals surface area contributed by atoms with Crippen LogP contribution in [0.1, 0.15) is 25.6 Å². The number of hydrogen-bond acceptors (Lipinski definition) is 7. The molecule has 108 valence electrons. The monoisotopic (exact) mass is 280 g/mol. The minimum absolute atomic E-state index is 0.246. The molecule has 2 rings (SSSR count). The Morgan fingerprint density at radius 2 is 2.25 bits per heavy atom. The van der Waals surface area contributed by atoms with Crippen molar-refractivity contribution in [3.8, 4) is 11.5 Å². The summed E-state index contributed by atoms with van der Waals surface area (Å²) in [7, 11) is 1.79. The average molecular weight is 280 g/mol. The van der Waals surface area contributed by atoms with Crippen LogP contribution in [0.2, 0.25) is 0 Å². The third kappa shape index (κ3) is 2.76. The van der Waals surface area contributed by atoms with Gasteiger partial charge in [-0.1, -0.05) is 0 Å². The molecule has 2 heterocycles. The second-order valence-corrected chi connectivity index (χ2v) is 4.13. The lowest BCUT2D eigenvalue weighted by molar-refractivity contribution is -0.00513. The highest BCUT2D eigenvalue weighted by Crippen LogP contribution is 2.18. The van der Waals surface area contributed by atoms with Crippen molar-refractivity contribution in [1.82, 2.24) is 30.0 Å². The highest BCUT2D eigenvalue weighted by Gasteiger charge is 2.18. The highest BCUT2D eigenvalue weighted by molar-refractivity contribution is 5.59. The molecule has 1 atom stereocenters. The van der Waals surface area contributed by atoms with Crippen LogP contribution in [0.3, 0.4) is 0 Å². The number of tetrazole rings is 1. The van der Waals surface area contributed by atoms with E-state index in [2.05, 4.69) is 25.2 Å². The molecule has 0 saturated carbocycles. The van der Waals surface area contributed by atoms with E-state index in [0.717, 1.165) is 11.3 Å². The molecule has 0 spiro atoms. The molecule has 2 aromatic heterocycles. The number of rotatable bonds is 4. The van der Waals surface area contributed by atoms with Gasteiger partial charge in [-0.2, -0.15) is 5.10 Å². The molecule has 0 aliphatic rings. The SMILES string of the molecule is CCOC(=O)O[C@H](C)n1nnc(-c2c(C)cnn2C)n1. The summed E-state index contributed by atoms with van der Waals surface area (Å²) in [6.07, 6.45) is 0.244. The molecule has 9 heteroatoms. The van der Waals surface area contributed by atoms with E-state index in [1.165, 1.54) is 4.80 Å². The minimum Gasteiger partial charge on any atom is -0.435 e. The topological polar surface area (TPSA) is 97.0 Å². The van der Waals surface area contributed by atoms with Crippen molar-refractivity contribution in [3.05, 3.63) is 11.8 Å². The van der Waals surface area contributed by atoms with Gasteiger partial charge < -0.3 is 9.47 Å². The van der Waals surface area contributed by atoms with E-state index in [0.29, 0.717) is 5.82 Å². The lowest BCUT2D eigenvalue weighted by Crippen LogP contribution is -2.18. The van der Waals surface area contributed by atoms with Gasteiger partial charge in [0, 0.05) is 7.05 Å². The van der Waals surface area contributed by atoms with E-state index >= 15 is 0 Å². The molecule has 9 nitrogen and oxygen atoms in total. The minimum atomic E-state index is -0.768. The van der Waals surface area contributed by atoms with E-state index in [4.69, 9.17) is 4.74 Å². The lowest BCUT2D eigenvalue weighted by atomic mass is 10.3. The van der Waals surface area contributed by atoms with E-state index < -0.39 is 12.4 Å². The zero-order chi connectivity index (χ0) is 14.7. The smallest absolute Gasteiger partial charge is 0.435 e. The Hall–Kier alpha value is -2.45. The summed E-state index contributed by atoms with van der Waals surface area (Å²) < 4.78 is 11.3. The Labute approximate surface area is 115 Å². The van der Waals surface area contributed by atoms with E-state index in [9.17, 15) is 4.79 Å². The fraction of sp³-hybridized carbons (Fsp3) is 0.545. The standard InChI is InChI=1S/C11H16N6O3/c1-5-19-11(18)20-8(3)17-14-10(13-15-17)9-7(2)6-12-16(9)4/h6,8H,5H2,1-4H3/t8-/m1/s1. The Bertz CT molecular complexity index is 586. The van der Waals surface area contributed by atoms with E-state index in [1.54, 1.807) is 31.8 Å². The second kappa shape index (κ2) is 5.68. The fourth-order valence-electron chi connectivity index (χ4n) is 1.68. The maximum atomic E-state index is 11.2. The molecule has 0 amide bonds. The molecule has 0 bridgehead atoms. The quantitative estimate of drug-likeness (QED) is 0.773. The largest absolute Gasteiger partial charge is 0.510 e. The third-order valence-corrected chi connectivity index (χ3v) is 2.62. The predicted octanol–water partition coefficient (Wildman–Crippen LogP) is 1.07. The molecule has 0 radical (unpaired) electrons. The molecule has 0 aromatic carbocycles. The van der Waals surface area contributed by atoms with Gasteiger partial charge in [0.25, 0.3) is 0 Å². The maximum absolute atomic E-state index is 11.2. The number of carbonyl (C=O) groups excluding carboxylic acids is 1. The van der Waals surface area contributed by atoms with Gasteiger partial charge >= 0.3 is 6.16 Å². The van der Waals surface area contributed by atoms with Gasteiger partial charge in [0.1, 0.15) is 5.69 Å². The molecular formula is C11H16N6O3. The average Bonchev–Trinajstić information content (AvgIpc) is 2.97. The number of aryl methyl sites for hydroxylation is 2. The van der Waals surface area contributed by atoms with E-state index in [-0.39, 0.29) is 6.61 Å². The Balaban J connectivity index is 2.15. The molecular weight excluding hydrogens is 264 g/mol. The van der Waals surface area contributed by atoms with Gasteiger partial charge in [-0.3, -0.25) is 4.68 Å². The van der Waals surface area contributed by atoms with Gasteiger partial charge in [-0.05, 0) is 31.5 Å². The lowest BCUT2D eigenvalue weighted by Gasteiger charge is -2.10. The first-order valence-electron chi connectivity index (χ1n) is 6.14. The highest BCUT2D eigenvalue weighted by atomic mass is 16.7. The number of carbonyl (C=O) groups is 1. The zero-order valence-corrected chi connectivity index (χ0v) is 11.8. The molecule has 0 saturated heterocycles. The van der Waals surface area contributed by atoms with Crippen molar-refractivity contribution in [2.75, 3.05) is 6.61 Å². The van der Waals surface area contributed by atoms with Gasteiger partial charge in [-0.15, -0.1) is 15.0 Å². The Kier molecular flexibility index (Phi) is 3.97. The summed E-state index contributed by atoms with van der Waals surface area (Å²) in [4.78, 5) is 12.4. The van der Waals surface area contributed by atoms with Gasteiger partial charge in [0.2, 0.25) is 12.1 Å². The molecule has 0 unspecified atom stereocenters. The van der Waals surface area contributed by atoms with Gasteiger partial charge in [-0.25, -0.2) is 4.79 Å². The predicted molar refractivity (Wildman–Crippen MR) is 67.6 cm³/mol. The van der Waals surface area contributed by atoms with Crippen LogP contribution in [0, 0.1) is 6.92 Å². The molecule has 0 N–H and O–H groups in total. The maximum Gasteiger partial charge on any atom is 0.510 e. The van der Waals surface area contributed by atoms with Crippen LogP contribution in [-0.2, 0) is 16.5 Å². The Morgan fingerprint density at radius 1 is 1.50 bits per heavy atom. The van der Waals surface area contributed by atoms with Crippen LogP contribution in [0.25, 0.3) is 11.5 Å². The summed E-state index contributed by atoms with van der Waals surface area (Å²) >= 11 is 0. The van der Waals surface area contributed by atoms with Crippen molar-refractivity contribution in [2.24, 2.45) is 7.05 Å². The summed E-state index contributed by atoms with van der Waals surface area (Å²) in [6, 6.07) is 0. The number of ether oxygens (including phenoxy) is 2. The molecule has 2 aromatic rings. The van der Waals surface area contributed by atoms with Crippen molar-refractivity contribution in [1.29, 1.82) is 0 Å². The van der Waals surface area contributed by atoms with Crippen LogP contribution in [-0.4, -0.2) is 42.7 Å². The molecule has 0 aliphatic carbocycles. The summed E-state index contributed by atoms with van der Waals surface area (Å²) in [5.74, 6) is 0.418. The van der Waals surface area contributed by atoms with Gasteiger partial charge in [0.05, 0.1) is 12.8 Å². The normalized spacial score (nSPS) is 12.2. The first kappa shape index (κ1) is 14.0. The first-order valence-corrected chi connectivity index (χ1v) is 6.14. The van der Waals surface area contributed by atoms with E-state index in [1.807, 2.05) is 6.92 Å². The van der Waals surface area contributed by atoms with Crippen LogP contribution in [0.15, 0.2) is 6.20 Å². The number of hydrogen-bond donors (Lipinski definition) is 0. The number of nitrogens with zero attached hydrogens (tertiary/aromatic N) is 6. The second-order valence-electron chi connectivity index (χ2n) is 4.13. The molecule has 0 aliphatic heterocycles. The van der Waals surface area contributed by atoms with Gasteiger partial charge in [0.15, 0.2) is 0 Å². The van der Waals surface area contributed by atoms with Crippen LogP contribution in [0.5, 0.6) is 0 Å². The first-order chi connectivity index (χ1) is 9.52. The van der Waals surface area contributed by atoms with Crippen molar-refractivity contribution < 1.29 is 14.3 Å². The molecule has 20 heavy (non-hydrogen) atoms. The van der Waals surface area contributed by atoms with Crippen molar-refractivity contribution in [2.45, 2.75) is 27.0 Å². The van der Waals surface area contributed by atoms with Crippen molar-refractivity contribution in [3.63, 3.8) is 0 Å². The zero-order valence-electron chi connectivity index (χ0n) is 11.8. The fourth-order valence-corrected chi connectivity index (χ4v) is 1.68.